The van der Waals surface area contributed by atoms with Crippen molar-refractivity contribution >= 4 is 12.4 Å². The highest BCUT2D eigenvalue weighted by Gasteiger charge is 2.32. The number of nitrogens with two attached hydrogens (primary N) is 1. The second kappa shape index (κ2) is 7.60. The fraction of sp³-hybridized carbons (Fsp3) is 0.538. The van der Waals surface area contributed by atoms with Gasteiger partial charge in [-0.3, -0.25) is 0 Å². The first kappa shape index (κ1) is 18.1. The minimum absolute atomic E-state index is 0. The van der Waals surface area contributed by atoms with Gasteiger partial charge in [0.1, 0.15) is 5.75 Å². The second-order valence-electron chi connectivity index (χ2n) is 4.66. The number of rotatable bonds is 5. The van der Waals surface area contributed by atoms with Crippen LogP contribution >= 0.6 is 12.4 Å². The average molecular weight is 298 g/mol. The highest BCUT2D eigenvalue weighted by atomic mass is 35.5. The summed E-state index contributed by atoms with van der Waals surface area (Å²) in [4.78, 5) is 0. The Bertz CT molecular complexity index is 382. The molecule has 2 N–H and O–H groups in total. The second-order valence-corrected chi connectivity index (χ2v) is 4.66. The maximum Gasteiger partial charge on any atom is 0.573 e. The van der Waals surface area contributed by atoms with Crippen molar-refractivity contribution in [2.24, 2.45) is 11.7 Å². The van der Waals surface area contributed by atoms with Crippen molar-refractivity contribution < 1.29 is 17.9 Å². The molecule has 0 radical (unpaired) electrons. The van der Waals surface area contributed by atoms with Crippen molar-refractivity contribution in [1.29, 1.82) is 0 Å². The van der Waals surface area contributed by atoms with E-state index in [1.807, 2.05) is 13.8 Å². The minimum atomic E-state index is -4.69. The molecule has 1 atom stereocenters. The molecule has 0 heterocycles. The van der Waals surface area contributed by atoms with Crippen molar-refractivity contribution in [2.45, 2.75) is 39.1 Å². The van der Waals surface area contributed by atoms with Crippen LogP contribution in [0.5, 0.6) is 5.75 Å². The molecular formula is C13H19ClF3NO. The van der Waals surface area contributed by atoms with Crippen LogP contribution in [0, 0.1) is 5.92 Å². The molecule has 6 heteroatoms. The summed E-state index contributed by atoms with van der Waals surface area (Å²) in [5.41, 5.74) is 6.31. The van der Waals surface area contributed by atoms with Crippen molar-refractivity contribution in [2.75, 3.05) is 0 Å². The quantitative estimate of drug-likeness (QED) is 0.872. The van der Waals surface area contributed by atoms with Gasteiger partial charge in [0.25, 0.3) is 0 Å². The lowest BCUT2D eigenvalue weighted by Gasteiger charge is -2.18. The lowest BCUT2D eigenvalue weighted by molar-refractivity contribution is -0.275. The Labute approximate surface area is 117 Å². The van der Waals surface area contributed by atoms with Gasteiger partial charge in [-0.25, -0.2) is 0 Å². The third-order valence-electron chi connectivity index (χ3n) is 2.60. The van der Waals surface area contributed by atoms with Crippen LogP contribution in [0.1, 0.15) is 38.3 Å². The highest BCUT2D eigenvalue weighted by molar-refractivity contribution is 5.85. The van der Waals surface area contributed by atoms with E-state index in [9.17, 15) is 13.2 Å². The Hall–Kier alpha value is -0.940. The number of hydrogen-bond donors (Lipinski definition) is 1. The predicted octanol–water partition coefficient (Wildman–Crippen LogP) is 4.44. The molecule has 0 aromatic heterocycles. The van der Waals surface area contributed by atoms with Crippen LogP contribution in [0.2, 0.25) is 0 Å². The molecule has 110 valence electrons. The molecule has 0 saturated carbocycles. The smallest absolute Gasteiger partial charge is 0.405 e. The van der Waals surface area contributed by atoms with Crippen LogP contribution in [0.4, 0.5) is 13.2 Å². The molecule has 0 unspecified atom stereocenters. The first-order valence-corrected chi connectivity index (χ1v) is 5.90. The van der Waals surface area contributed by atoms with Gasteiger partial charge in [-0.2, -0.15) is 0 Å². The fourth-order valence-electron chi connectivity index (χ4n) is 1.67. The molecule has 0 aliphatic carbocycles. The third kappa shape index (κ3) is 6.68. The van der Waals surface area contributed by atoms with Crippen LogP contribution in [-0.4, -0.2) is 6.36 Å². The summed E-state index contributed by atoms with van der Waals surface area (Å²) in [6.45, 7) is 4.09. The fourth-order valence-corrected chi connectivity index (χ4v) is 1.67. The molecule has 0 aliphatic rings. The van der Waals surface area contributed by atoms with Gasteiger partial charge in [0, 0.05) is 11.6 Å². The number of halogens is 4. The van der Waals surface area contributed by atoms with Crippen molar-refractivity contribution in [1.82, 2.24) is 0 Å². The molecule has 1 aromatic carbocycles. The van der Waals surface area contributed by atoms with E-state index in [0.717, 1.165) is 6.42 Å². The summed E-state index contributed by atoms with van der Waals surface area (Å²) >= 11 is 0. The van der Waals surface area contributed by atoms with E-state index in [-0.39, 0.29) is 18.2 Å². The SMILES string of the molecule is CC(C)CC[C@H](N)c1ccccc1OC(F)(F)F.Cl. The van der Waals surface area contributed by atoms with E-state index >= 15 is 0 Å². The number of ether oxygens (including phenoxy) is 1. The minimum Gasteiger partial charge on any atom is -0.405 e. The van der Waals surface area contributed by atoms with Crippen LogP contribution < -0.4 is 10.5 Å². The Morgan fingerprint density at radius 1 is 1.16 bits per heavy atom. The normalized spacial score (nSPS) is 13.0. The van der Waals surface area contributed by atoms with E-state index in [2.05, 4.69) is 4.74 Å². The van der Waals surface area contributed by atoms with E-state index in [4.69, 9.17) is 5.73 Å². The van der Waals surface area contributed by atoms with Gasteiger partial charge >= 0.3 is 6.36 Å². The molecule has 0 spiro atoms. The van der Waals surface area contributed by atoms with Crippen molar-refractivity contribution in [3.63, 3.8) is 0 Å². The zero-order valence-electron chi connectivity index (χ0n) is 10.9. The summed E-state index contributed by atoms with van der Waals surface area (Å²) in [5.74, 6) is 0.257. The lowest BCUT2D eigenvalue weighted by Crippen LogP contribution is -2.20. The maximum absolute atomic E-state index is 12.2. The average Bonchev–Trinajstić information content (AvgIpc) is 2.24. The summed E-state index contributed by atoms with van der Waals surface area (Å²) in [5, 5.41) is 0. The summed E-state index contributed by atoms with van der Waals surface area (Å²) < 4.78 is 40.7. The van der Waals surface area contributed by atoms with Crippen LogP contribution in [0.25, 0.3) is 0 Å². The Morgan fingerprint density at radius 2 is 1.74 bits per heavy atom. The standard InChI is InChI=1S/C13H18F3NO.ClH/c1-9(2)7-8-11(17)10-5-3-4-6-12(10)18-13(14,15)16;/h3-6,9,11H,7-8,17H2,1-2H3;1H/t11-;/m0./s1. The summed E-state index contributed by atoms with van der Waals surface area (Å²) in [7, 11) is 0. The van der Waals surface area contributed by atoms with Gasteiger partial charge in [0.15, 0.2) is 0 Å². The topological polar surface area (TPSA) is 35.2 Å². The highest BCUT2D eigenvalue weighted by Crippen LogP contribution is 2.31. The molecular weight excluding hydrogens is 279 g/mol. The number of para-hydroxylation sites is 1. The summed E-state index contributed by atoms with van der Waals surface area (Å²) in [6, 6.07) is 5.59. The number of benzene rings is 1. The van der Waals surface area contributed by atoms with E-state index in [0.29, 0.717) is 17.9 Å². The van der Waals surface area contributed by atoms with Gasteiger partial charge < -0.3 is 10.5 Å². The third-order valence-corrected chi connectivity index (χ3v) is 2.60. The molecule has 1 aromatic rings. The molecule has 0 aliphatic heterocycles. The number of hydrogen-bond acceptors (Lipinski definition) is 2. The van der Waals surface area contributed by atoms with E-state index in [1.54, 1.807) is 12.1 Å². The first-order valence-electron chi connectivity index (χ1n) is 5.90. The molecule has 0 fully saturated rings. The molecule has 2 nitrogen and oxygen atoms in total. The molecule has 0 bridgehead atoms. The number of alkyl halides is 3. The molecule has 1 rings (SSSR count). The zero-order chi connectivity index (χ0) is 13.8. The lowest BCUT2D eigenvalue weighted by atomic mass is 9.98. The monoisotopic (exact) mass is 297 g/mol. The van der Waals surface area contributed by atoms with Crippen LogP contribution in [-0.2, 0) is 0 Å². The Balaban J connectivity index is 0.00000324. The Kier molecular flexibility index (Phi) is 7.23. The largest absolute Gasteiger partial charge is 0.573 e. The van der Waals surface area contributed by atoms with Crippen molar-refractivity contribution in [3.8, 4) is 5.75 Å². The van der Waals surface area contributed by atoms with Gasteiger partial charge in [-0.1, -0.05) is 32.0 Å². The van der Waals surface area contributed by atoms with Crippen LogP contribution in [0.3, 0.4) is 0 Å². The first-order chi connectivity index (χ1) is 8.29. The van der Waals surface area contributed by atoms with Gasteiger partial charge in [-0.15, -0.1) is 25.6 Å². The Morgan fingerprint density at radius 3 is 2.26 bits per heavy atom. The van der Waals surface area contributed by atoms with E-state index in [1.165, 1.54) is 12.1 Å². The van der Waals surface area contributed by atoms with E-state index < -0.39 is 12.4 Å². The van der Waals surface area contributed by atoms with Gasteiger partial charge in [0.2, 0.25) is 0 Å². The predicted molar refractivity (Wildman–Crippen MR) is 71.4 cm³/mol. The maximum atomic E-state index is 12.2. The molecule has 19 heavy (non-hydrogen) atoms. The van der Waals surface area contributed by atoms with Crippen molar-refractivity contribution in [3.05, 3.63) is 29.8 Å². The summed E-state index contributed by atoms with van der Waals surface area (Å²) in [6.07, 6.45) is -3.19. The molecule has 0 amide bonds. The van der Waals surface area contributed by atoms with Crippen LogP contribution in [0.15, 0.2) is 24.3 Å². The molecule has 0 saturated heterocycles. The van der Waals surface area contributed by atoms with Gasteiger partial charge in [0.05, 0.1) is 0 Å². The van der Waals surface area contributed by atoms with Gasteiger partial charge in [-0.05, 0) is 24.8 Å². The zero-order valence-corrected chi connectivity index (χ0v) is 11.7.